The topological polar surface area (TPSA) is 90.4 Å². The molecule has 1 unspecified atom stereocenters. The fraction of sp³-hybridized carbons (Fsp3) is 0.0833. The minimum absolute atomic E-state index is 0.0358. The fourth-order valence-corrected chi connectivity index (χ4v) is 5.77. The number of hydrogen-bond acceptors (Lipinski definition) is 5. The van der Waals surface area contributed by atoms with E-state index < -0.39 is 9.55 Å². The summed E-state index contributed by atoms with van der Waals surface area (Å²) in [5.74, 6) is 0.0358. The Morgan fingerprint density at radius 1 is 1.12 bits per heavy atom. The molecule has 0 amide bonds. The molecule has 163 valence electrons. The average molecular weight is 471 g/mol. The monoisotopic (exact) mass is 471 g/mol. The molecule has 0 saturated heterocycles. The van der Waals surface area contributed by atoms with Gasteiger partial charge in [-0.25, -0.2) is 0 Å². The van der Waals surface area contributed by atoms with Crippen LogP contribution < -0.4 is 4.72 Å². The molecule has 0 aliphatic heterocycles. The third-order valence-electron chi connectivity index (χ3n) is 5.54. The quantitative estimate of drug-likeness (QED) is 0.230. The second kappa shape index (κ2) is 8.17. The van der Waals surface area contributed by atoms with Gasteiger partial charge >= 0.3 is 197 Å². The van der Waals surface area contributed by atoms with Gasteiger partial charge < -0.3 is 0 Å². The van der Waals surface area contributed by atoms with Crippen LogP contribution in [0.4, 0.5) is 11.4 Å². The number of hydrogen-bond donors (Lipinski definition) is 3. The summed E-state index contributed by atoms with van der Waals surface area (Å²) >= 11 is 1.54. The van der Waals surface area contributed by atoms with E-state index >= 15 is 0 Å². The maximum absolute atomic E-state index is 13.2. The van der Waals surface area contributed by atoms with E-state index in [0.717, 1.165) is 37.9 Å². The first-order valence-corrected chi connectivity index (χ1v) is 12.7. The van der Waals surface area contributed by atoms with Crippen LogP contribution in [0.5, 0.6) is 5.88 Å². The van der Waals surface area contributed by atoms with Crippen LogP contribution in [0.2, 0.25) is 0 Å². The van der Waals surface area contributed by atoms with Crippen LogP contribution >= 0.6 is 11.3 Å². The zero-order valence-corrected chi connectivity index (χ0v) is 19.6. The van der Waals surface area contributed by atoms with Crippen molar-refractivity contribution < 1.29 is 9.32 Å². The molecule has 5 rings (SSSR count). The summed E-state index contributed by atoms with van der Waals surface area (Å²) in [4.78, 5) is 12.4. The van der Waals surface area contributed by atoms with Crippen molar-refractivity contribution in [1.82, 2.24) is 9.97 Å². The van der Waals surface area contributed by atoms with Gasteiger partial charge in [-0.2, -0.15) is 0 Å². The molecule has 0 aliphatic rings. The zero-order chi connectivity index (χ0) is 23.2. The number of aromatic hydroxyl groups is 1. The van der Waals surface area contributed by atoms with Gasteiger partial charge in [0.2, 0.25) is 0 Å². The summed E-state index contributed by atoms with van der Waals surface area (Å²) in [6.07, 6.45) is 1.61. The van der Waals surface area contributed by atoms with Crippen molar-refractivity contribution in [1.29, 1.82) is 0 Å². The van der Waals surface area contributed by atoms with E-state index in [9.17, 15) is 9.32 Å². The van der Waals surface area contributed by atoms with Crippen molar-refractivity contribution in [2.75, 3.05) is 4.72 Å². The number of fused-ring (bicyclic) bond motifs is 3. The molecule has 3 N–H and O–H groups in total. The number of thiazole rings is 1. The Morgan fingerprint density at radius 2 is 1.85 bits per heavy atom. The van der Waals surface area contributed by atoms with Crippen LogP contribution in [-0.2, 0) is 9.55 Å². The van der Waals surface area contributed by atoms with Gasteiger partial charge in [-0.05, 0) is 0 Å². The van der Waals surface area contributed by atoms with E-state index in [1.165, 1.54) is 0 Å². The van der Waals surface area contributed by atoms with Crippen LogP contribution in [0.25, 0.3) is 21.1 Å². The number of para-hydroxylation sites is 1. The molecule has 1 atom stereocenters. The van der Waals surface area contributed by atoms with Crippen molar-refractivity contribution in [3.8, 4) is 5.88 Å². The number of aromatic nitrogens is 2. The molecule has 0 bridgehead atoms. The number of anilines is 1. The molecule has 0 aliphatic carbocycles. The molecule has 0 spiro atoms. The Bertz CT molecular complexity index is 1610. The predicted octanol–water partition coefficient (Wildman–Crippen LogP) is 5.60. The molecule has 6 nitrogen and oxygen atoms in total. The third kappa shape index (κ3) is 3.94. The molecule has 0 saturated carbocycles. The van der Waals surface area contributed by atoms with Crippen LogP contribution in [-0.4, -0.2) is 32.2 Å². The Balaban J connectivity index is 1.44. The number of benzene rings is 3. The molecule has 0 fully saturated rings. The molecule has 33 heavy (non-hydrogen) atoms. The molecule has 1 radical (unpaired) electrons. The van der Waals surface area contributed by atoms with Crippen LogP contribution in [0.1, 0.15) is 16.7 Å². The van der Waals surface area contributed by atoms with E-state index in [0.29, 0.717) is 16.1 Å². The van der Waals surface area contributed by atoms with E-state index in [4.69, 9.17) is 6.72 Å². The summed E-state index contributed by atoms with van der Waals surface area (Å²) in [5, 5.41) is 11.2. The van der Waals surface area contributed by atoms with Gasteiger partial charge in [0.25, 0.3) is 0 Å². The predicted molar refractivity (Wildman–Crippen MR) is 139 cm³/mol. The van der Waals surface area contributed by atoms with Crippen molar-refractivity contribution in [3.05, 3.63) is 76.8 Å². The first-order valence-electron chi connectivity index (χ1n) is 10.2. The second-order valence-electron chi connectivity index (χ2n) is 7.80. The molecular weight excluding hydrogens is 451 g/mol. The Labute approximate surface area is 196 Å². The third-order valence-corrected chi connectivity index (χ3v) is 7.82. The number of nitrogens with one attached hydrogen (secondary N) is 2. The Hall–Kier alpha value is -3.43. The van der Waals surface area contributed by atoms with Crippen molar-refractivity contribution in [2.24, 2.45) is 4.99 Å². The number of rotatable bonds is 5. The number of aromatic amines is 1. The SMILES string of the molecule is [B]=S(=O)(Nc1c(C)cccc1C)c1ccc(N=Cc2c(O)[nH]c3ccc4scnc4c23)cc1. The zero-order valence-electron chi connectivity index (χ0n) is 18.0. The van der Waals surface area contributed by atoms with E-state index in [2.05, 4.69) is 19.7 Å². The molecule has 5 aromatic rings. The number of nitrogens with zero attached hydrogens (tertiary/aromatic N) is 2. The molecular formula is C24H20BN4O2S2. The van der Waals surface area contributed by atoms with Crippen molar-refractivity contribution in [3.63, 3.8) is 0 Å². The van der Waals surface area contributed by atoms with E-state index in [1.807, 2.05) is 44.2 Å². The summed E-state index contributed by atoms with van der Waals surface area (Å²) in [7, 11) is -2.99. The average Bonchev–Trinajstić information content (AvgIpc) is 3.38. The van der Waals surface area contributed by atoms with Gasteiger partial charge in [-0.3, -0.25) is 0 Å². The van der Waals surface area contributed by atoms with E-state index in [1.54, 1.807) is 47.3 Å². The normalized spacial score (nSPS) is 13.6. The van der Waals surface area contributed by atoms with Gasteiger partial charge in [0.15, 0.2) is 0 Å². The summed E-state index contributed by atoms with van der Waals surface area (Å²) < 4.78 is 17.2. The summed E-state index contributed by atoms with van der Waals surface area (Å²) in [6, 6.07) is 16.6. The van der Waals surface area contributed by atoms with Crippen molar-refractivity contribution >= 4 is 66.3 Å². The number of aryl methyl sites for hydroxylation is 2. The Kier molecular flexibility index (Phi) is 5.30. The number of H-pyrrole nitrogens is 1. The van der Waals surface area contributed by atoms with Gasteiger partial charge in [-0.15, -0.1) is 0 Å². The standard InChI is InChI=1S/C24H20BN4O2S2/c1-14-4-3-5-15(2)22(14)29-33(25,31)17-8-6-16(7-9-17)26-12-18-21-19(28-24(18)30)10-11-20-23(21)27-13-32-20/h3-13,28,30H,1-2H3,(H,29,31). The molecule has 2 aromatic heterocycles. The van der Waals surface area contributed by atoms with Gasteiger partial charge in [0.1, 0.15) is 0 Å². The van der Waals surface area contributed by atoms with Crippen LogP contribution in [0.3, 0.4) is 0 Å². The maximum atomic E-state index is 13.2. The summed E-state index contributed by atoms with van der Waals surface area (Å²) in [6.45, 7) is 10.1. The van der Waals surface area contributed by atoms with Crippen LogP contribution in [0.15, 0.2) is 70.0 Å². The van der Waals surface area contributed by atoms with Gasteiger partial charge in [0.05, 0.1) is 0 Å². The minimum atomic E-state index is -2.99. The fourth-order valence-electron chi connectivity index (χ4n) is 3.81. The van der Waals surface area contributed by atoms with Crippen LogP contribution in [0, 0.1) is 13.8 Å². The van der Waals surface area contributed by atoms with Crippen molar-refractivity contribution in [2.45, 2.75) is 18.7 Å². The molecule has 2 heterocycles. The summed E-state index contributed by atoms with van der Waals surface area (Å²) in [5.41, 5.74) is 7.34. The second-order valence-corrected chi connectivity index (χ2v) is 10.6. The molecule has 3 aromatic carbocycles. The van der Waals surface area contributed by atoms with E-state index in [-0.39, 0.29) is 5.88 Å². The first kappa shape index (κ1) is 21.4. The first-order chi connectivity index (χ1) is 15.8. The van der Waals surface area contributed by atoms with Gasteiger partial charge in [-0.1, -0.05) is 0 Å². The van der Waals surface area contributed by atoms with Gasteiger partial charge in [0, 0.05) is 0 Å². The number of aliphatic imine (C=N–C) groups is 1. The Morgan fingerprint density at radius 3 is 2.58 bits per heavy atom. The molecule has 9 heteroatoms.